The molecule has 0 unspecified atom stereocenters. The summed E-state index contributed by atoms with van der Waals surface area (Å²) in [7, 11) is 0. The number of rotatable bonds is 2. The zero-order chi connectivity index (χ0) is 15.0. The molecule has 2 aromatic rings. The molecule has 2 amide bonds. The summed E-state index contributed by atoms with van der Waals surface area (Å²) >= 11 is 6.53. The molecule has 1 saturated heterocycles. The highest BCUT2D eigenvalue weighted by atomic mass is 35.5. The summed E-state index contributed by atoms with van der Waals surface area (Å²) in [5.74, 6) is -0.0593. The summed E-state index contributed by atoms with van der Waals surface area (Å²) < 4.78 is 18.7. The summed E-state index contributed by atoms with van der Waals surface area (Å²) in [6.45, 7) is 0. The molecule has 21 heavy (non-hydrogen) atoms. The van der Waals surface area contributed by atoms with Crippen molar-refractivity contribution in [2.75, 3.05) is 0 Å². The number of carbonyl (C=O) groups excluding carboxylic acids is 2. The van der Waals surface area contributed by atoms with Crippen molar-refractivity contribution >= 4 is 40.6 Å². The van der Waals surface area contributed by atoms with Crippen molar-refractivity contribution in [3.8, 4) is 11.3 Å². The molecule has 1 aromatic carbocycles. The molecule has 0 radical (unpaired) electrons. The summed E-state index contributed by atoms with van der Waals surface area (Å²) in [5.41, 5.74) is 0.616. The number of benzene rings is 1. The molecule has 0 aliphatic carbocycles. The Morgan fingerprint density at radius 3 is 2.71 bits per heavy atom. The van der Waals surface area contributed by atoms with E-state index in [1.165, 1.54) is 24.3 Å². The van der Waals surface area contributed by atoms with Gasteiger partial charge in [0.25, 0.3) is 11.1 Å². The number of hydrogen-bond donors (Lipinski definition) is 1. The van der Waals surface area contributed by atoms with Gasteiger partial charge in [-0.2, -0.15) is 0 Å². The molecule has 106 valence electrons. The third kappa shape index (κ3) is 2.86. The zero-order valence-electron chi connectivity index (χ0n) is 10.4. The average molecular weight is 324 g/mol. The van der Waals surface area contributed by atoms with Crippen molar-refractivity contribution in [3.63, 3.8) is 0 Å². The second-order valence-corrected chi connectivity index (χ2v) is 5.61. The van der Waals surface area contributed by atoms with Crippen LogP contribution < -0.4 is 5.32 Å². The Morgan fingerprint density at radius 2 is 2.05 bits per heavy atom. The van der Waals surface area contributed by atoms with E-state index in [1.807, 2.05) is 0 Å². The summed E-state index contributed by atoms with van der Waals surface area (Å²) in [6.07, 6.45) is 1.47. The van der Waals surface area contributed by atoms with Crippen LogP contribution in [0.5, 0.6) is 0 Å². The number of imide groups is 1. The van der Waals surface area contributed by atoms with Crippen molar-refractivity contribution in [1.82, 2.24) is 5.32 Å². The van der Waals surface area contributed by atoms with E-state index < -0.39 is 17.0 Å². The van der Waals surface area contributed by atoms with Crippen LogP contribution in [0, 0.1) is 5.82 Å². The maximum atomic E-state index is 13.1. The smallest absolute Gasteiger partial charge is 0.290 e. The molecule has 1 aromatic heterocycles. The minimum absolute atomic E-state index is 0.000118. The van der Waals surface area contributed by atoms with E-state index in [-0.39, 0.29) is 9.93 Å². The molecule has 3 rings (SSSR count). The lowest BCUT2D eigenvalue weighted by Crippen LogP contribution is -2.17. The predicted octanol–water partition coefficient (Wildman–Crippen LogP) is 4.06. The fourth-order valence-corrected chi connectivity index (χ4v) is 2.63. The summed E-state index contributed by atoms with van der Waals surface area (Å²) in [4.78, 5) is 22.7. The Labute approximate surface area is 128 Å². The van der Waals surface area contributed by atoms with Gasteiger partial charge in [0, 0.05) is 11.6 Å². The van der Waals surface area contributed by atoms with E-state index in [0.29, 0.717) is 17.1 Å². The van der Waals surface area contributed by atoms with E-state index in [0.717, 1.165) is 11.8 Å². The Kier molecular flexibility index (Phi) is 3.57. The monoisotopic (exact) mass is 323 g/mol. The van der Waals surface area contributed by atoms with Gasteiger partial charge in [0.15, 0.2) is 0 Å². The molecule has 1 N–H and O–H groups in total. The number of furan rings is 1. The van der Waals surface area contributed by atoms with Crippen LogP contribution in [0.3, 0.4) is 0 Å². The molecular formula is C14H7ClFNO3S. The number of thioether (sulfide) groups is 1. The van der Waals surface area contributed by atoms with E-state index in [4.69, 9.17) is 16.0 Å². The van der Waals surface area contributed by atoms with Crippen LogP contribution in [0.4, 0.5) is 9.18 Å². The van der Waals surface area contributed by atoms with E-state index in [1.54, 1.807) is 12.1 Å². The van der Waals surface area contributed by atoms with Crippen LogP contribution in [0.1, 0.15) is 5.76 Å². The van der Waals surface area contributed by atoms with Gasteiger partial charge in [-0.3, -0.25) is 14.9 Å². The summed E-state index contributed by atoms with van der Waals surface area (Å²) in [5, 5.41) is 1.74. The third-order valence-corrected chi connectivity index (χ3v) is 3.85. The Morgan fingerprint density at radius 1 is 1.24 bits per heavy atom. The number of nitrogens with one attached hydrogen (secondary N) is 1. The average Bonchev–Trinajstić information content (AvgIpc) is 3.01. The van der Waals surface area contributed by atoms with Crippen molar-refractivity contribution in [2.45, 2.75) is 0 Å². The highest BCUT2D eigenvalue weighted by Crippen LogP contribution is 2.30. The minimum Gasteiger partial charge on any atom is -0.457 e. The van der Waals surface area contributed by atoms with Gasteiger partial charge in [-0.25, -0.2) is 4.39 Å². The first kappa shape index (κ1) is 13.9. The molecular weight excluding hydrogens is 317 g/mol. The first-order chi connectivity index (χ1) is 10.0. The van der Waals surface area contributed by atoms with Gasteiger partial charge in [-0.05, 0) is 42.1 Å². The third-order valence-electron chi connectivity index (χ3n) is 2.75. The molecule has 1 fully saturated rings. The Balaban J connectivity index is 1.90. The van der Waals surface area contributed by atoms with Crippen LogP contribution in [-0.2, 0) is 4.79 Å². The van der Waals surface area contributed by atoms with Gasteiger partial charge in [-0.15, -0.1) is 0 Å². The molecule has 7 heteroatoms. The lowest BCUT2D eigenvalue weighted by Gasteiger charge is -1.98. The standard InChI is InChI=1S/C14H7ClFNO3S/c15-9-5-7(1-3-10(9)16)11-4-2-8(20-11)6-12-13(18)17-14(19)21-12/h1-6H,(H,17,18,19)/b12-6-. The van der Waals surface area contributed by atoms with Crippen LogP contribution in [0.2, 0.25) is 5.02 Å². The zero-order valence-corrected chi connectivity index (χ0v) is 11.9. The molecule has 4 nitrogen and oxygen atoms in total. The number of amides is 2. The fraction of sp³-hybridized carbons (Fsp3) is 0. The van der Waals surface area contributed by atoms with Gasteiger partial charge >= 0.3 is 0 Å². The molecule has 1 aliphatic rings. The lowest BCUT2D eigenvalue weighted by molar-refractivity contribution is -0.115. The number of halogens is 2. The van der Waals surface area contributed by atoms with Gasteiger partial charge in [0.1, 0.15) is 17.3 Å². The highest BCUT2D eigenvalue weighted by molar-refractivity contribution is 8.18. The van der Waals surface area contributed by atoms with E-state index in [9.17, 15) is 14.0 Å². The second-order valence-electron chi connectivity index (χ2n) is 4.18. The van der Waals surface area contributed by atoms with Crippen molar-refractivity contribution in [2.24, 2.45) is 0 Å². The Hall–Kier alpha value is -2.05. The van der Waals surface area contributed by atoms with Crippen LogP contribution in [0.15, 0.2) is 39.7 Å². The normalized spacial score (nSPS) is 16.6. The van der Waals surface area contributed by atoms with Gasteiger partial charge < -0.3 is 4.42 Å². The molecule has 0 bridgehead atoms. The van der Waals surface area contributed by atoms with Crippen molar-refractivity contribution in [1.29, 1.82) is 0 Å². The fourth-order valence-electron chi connectivity index (χ4n) is 1.79. The molecule has 0 spiro atoms. The van der Waals surface area contributed by atoms with Crippen molar-refractivity contribution < 1.29 is 18.4 Å². The maximum Gasteiger partial charge on any atom is 0.290 e. The quantitative estimate of drug-likeness (QED) is 0.847. The lowest BCUT2D eigenvalue weighted by atomic mass is 10.2. The number of hydrogen-bond acceptors (Lipinski definition) is 4. The van der Waals surface area contributed by atoms with E-state index in [2.05, 4.69) is 5.32 Å². The predicted molar refractivity (Wildman–Crippen MR) is 78.2 cm³/mol. The first-order valence-electron chi connectivity index (χ1n) is 5.83. The maximum absolute atomic E-state index is 13.1. The van der Waals surface area contributed by atoms with Crippen LogP contribution in [-0.4, -0.2) is 11.1 Å². The molecule has 0 atom stereocenters. The highest BCUT2D eigenvalue weighted by Gasteiger charge is 2.25. The number of carbonyl (C=O) groups is 2. The van der Waals surface area contributed by atoms with E-state index >= 15 is 0 Å². The van der Waals surface area contributed by atoms with Crippen LogP contribution >= 0.6 is 23.4 Å². The molecule has 0 saturated carbocycles. The first-order valence-corrected chi connectivity index (χ1v) is 7.02. The Bertz CT molecular complexity index is 784. The molecule has 2 heterocycles. The minimum atomic E-state index is -0.508. The van der Waals surface area contributed by atoms with Gasteiger partial charge in [0.2, 0.25) is 0 Å². The second kappa shape index (κ2) is 5.38. The largest absolute Gasteiger partial charge is 0.457 e. The van der Waals surface area contributed by atoms with Crippen molar-refractivity contribution in [3.05, 3.63) is 51.8 Å². The van der Waals surface area contributed by atoms with Gasteiger partial charge in [-0.1, -0.05) is 11.6 Å². The summed E-state index contributed by atoms with van der Waals surface area (Å²) in [6, 6.07) is 7.56. The SMILES string of the molecule is O=C1NC(=O)/C(=C/c2ccc(-c3ccc(F)c(Cl)c3)o2)S1. The topological polar surface area (TPSA) is 59.3 Å². The van der Waals surface area contributed by atoms with Crippen LogP contribution in [0.25, 0.3) is 17.4 Å². The molecule has 1 aliphatic heterocycles. The van der Waals surface area contributed by atoms with Gasteiger partial charge in [0.05, 0.1) is 9.93 Å².